The lowest BCUT2D eigenvalue weighted by molar-refractivity contribution is 0.291. The van der Waals surface area contributed by atoms with Crippen molar-refractivity contribution in [3.8, 4) is 11.5 Å². The first-order chi connectivity index (χ1) is 9.44. The summed E-state index contributed by atoms with van der Waals surface area (Å²) in [5, 5.41) is 5.52. The van der Waals surface area contributed by atoms with Gasteiger partial charge in [-0.3, -0.25) is 4.79 Å². The summed E-state index contributed by atoms with van der Waals surface area (Å²) >= 11 is 0. The SMILES string of the molecule is NS(=O)(=O)Oc1ccc2c3c(c(=O)[nH]c2c1)CCCO3. The number of H-pyrrole nitrogens is 1. The molecule has 1 aromatic heterocycles. The molecule has 3 N–H and O–H groups in total. The number of hydrogen-bond donors (Lipinski definition) is 2. The Morgan fingerprint density at radius 2 is 2.15 bits per heavy atom. The third kappa shape index (κ3) is 2.35. The first-order valence-electron chi connectivity index (χ1n) is 5.98. The molecule has 0 amide bonds. The highest BCUT2D eigenvalue weighted by atomic mass is 32.2. The van der Waals surface area contributed by atoms with Crippen molar-refractivity contribution in [2.24, 2.45) is 5.14 Å². The Kier molecular flexibility index (Phi) is 2.91. The maximum Gasteiger partial charge on any atom is 0.380 e. The molecule has 3 rings (SSSR count). The zero-order valence-corrected chi connectivity index (χ0v) is 11.2. The van der Waals surface area contributed by atoms with Crippen LogP contribution in [0.25, 0.3) is 10.9 Å². The van der Waals surface area contributed by atoms with Gasteiger partial charge in [0.05, 0.1) is 17.7 Å². The number of aromatic amines is 1. The number of rotatable bonds is 2. The van der Waals surface area contributed by atoms with Gasteiger partial charge >= 0.3 is 10.3 Å². The van der Waals surface area contributed by atoms with Crippen LogP contribution in [0.15, 0.2) is 23.0 Å². The second-order valence-corrected chi connectivity index (χ2v) is 5.65. The third-order valence-electron chi connectivity index (χ3n) is 3.06. The van der Waals surface area contributed by atoms with Crippen molar-refractivity contribution in [2.45, 2.75) is 12.8 Å². The zero-order valence-electron chi connectivity index (χ0n) is 10.4. The number of hydrogen-bond acceptors (Lipinski definition) is 5. The second-order valence-electron chi connectivity index (χ2n) is 4.50. The van der Waals surface area contributed by atoms with E-state index in [2.05, 4.69) is 9.17 Å². The molecule has 0 atom stereocenters. The fourth-order valence-corrected chi connectivity index (χ4v) is 2.66. The molecule has 106 valence electrons. The summed E-state index contributed by atoms with van der Waals surface area (Å²) in [7, 11) is -4.10. The van der Waals surface area contributed by atoms with E-state index in [1.54, 1.807) is 6.07 Å². The Labute approximate surface area is 114 Å². The fourth-order valence-electron chi connectivity index (χ4n) is 2.29. The summed E-state index contributed by atoms with van der Waals surface area (Å²) in [5.41, 5.74) is 0.820. The highest BCUT2D eigenvalue weighted by Crippen LogP contribution is 2.31. The average molecular weight is 296 g/mol. The van der Waals surface area contributed by atoms with E-state index in [0.717, 1.165) is 6.42 Å². The lowest BCUT2D eigenvalue weighted by Crippen LogP contribution is -2.21. The first kappa shape index (κ1) is 12.9. The minimum atomic E-state index is -4.10. The molecule has 1 aliphatic rings. The summed E-state index contributed by atoms with van der Waals surface area (Å²) in [4.78, 5) is 14.6. The maximum atomic E-state index is 12.0. The van der Waals surface area contributed by atoms with Crippen molar-refractivity contribution in [1.29, 1.82) is 0 Å². The van der Waals surface area contributed by atoms with Crippen LogP contribution in [0.2, 0.25) is 0 Å². The molecule has 0 radical (unpaired) electrons. The molecule has 20 heavy (non-hydrogen) atoms. The summed E-state index contributed by atoms with van der Waals surface area (Å²) in [5.74, 6) is 0.587. The van der Waals surface area contributed by atoms with Crippen molar-refractivity contribution in [3.05, 3.63) is 34.1 Å². The van der Waals surface area contributed by atoms with Crippen LogP contribution in [-0.4, -0.2) is 20.0 Å². The van der Waals surface area contributed by atoms with Crippen molar-refractivity contribution in [1.82, 2.24) is 4.98 Å². The van der Waals surface area contributed by atoms with Gasteiger partial charge in [0.15, 0.2) is 0 Å². The monoisotopic (exact) mass is 296 g/mol. The van der Waals surface area contributed by atoms with Gasteiger partial charge in [-0.05, 0) is 25.0 Å². The smallest absolute Gasteiger partial charge is 0.380 e. The Hall–Kier alpha value is -2.06. The van der Waals surface area contributed by atoms with Crippen LogP contribution < -0.4 is 19.6 Å². The van der Waals surface area contributed by atoms with Crippen LogP contribution >= 0.6 is 0 Å². The van der Waals surface area contributed by atoms with Crippen LogP contribution in [-0.2, 0) is 16.7 Å². The Morgan fingerprint density at radius 3 is 2.90 bits per heavy atom. The van der Waals surface area contributed by atoms with Gasteiger partial charge < -0.3 is 13.9 Å². The van der Waals surface area contributed by atoms with Crippen LogP contribution in [0.3, 0.4) is 0 Å². The molecule has 0 saturated carbocycles. The predicted octanol–water partition coefficient (Wildman–Crippen LogP) is 0.435. The summed E-state index contributed by atoms with van der Waals surface area (Å²) in [6, 6.07) is 4.50. The molecule has 8 heteroatoms. The molecule has 0 saturated heterocycles. The van der Waals surface area contributed by atoms with Gasteiger partial charge in [0.1, 0.15) is 11.5 Å². The molecule has 0 spiro atoms. The van der Waals surface area contributed by atoms with Crippen molar-refractivity contribution in [2.75, 3.05) is 6.61 Å². The first-order valence-corrected chi connectivity index (χ1v) is 7.45. The second kappa shape index (κ2) is 4.50. The van der Waals surface area contributed by atoms with E-state index in [1.807, 2.05) is 0 Å². The van der Waals surface area contributed by atoms with Gasteiger partial charge in [-0.15, -0.1) is 0 Å². The summed E-state index contributed by atoms with van der Waals surface area (Å²) in [6.07, 6.45) is 1.46. The van der Waals surface area contributed by atoms with Gasteiger partial charge in [0.25, 0.3) is 5.56 Å². The van der Waals surface area contributed by atoms with E-state index < -0.39 is 10.3 Å². The third-order valence-corrected chi connectivity index (χ3v) is 3.49. The Morgan fingerprint density at radius 1 is 1.35 bits per heavy atom. The molecular formula is C12H12N2O5S. The lowest BCUT2D eigenvalue weighted by atomic mass is 10.0. The lowest BCUT2D eigenvalue weighted by Gasteiger charge is -2.18. The van der Waals surface area contributed by atoms with Crippen molar-refractivity contribution < 1.29 is 17.3 Å². The molecule has 0 unspecified atom stereocenters. The molecule has 2 heterocycles. The van der Waals surface area contributed by atoms with E-state index in [-0.39, 0.29) is 11.3 Å². The highest BCUT2D eigenvalue weighted by Gasteiger charge is 2.18. The molecule has 1 aliphatic heterocycles. The summed E-state index contributed by atoms with van der Waals surface area (Å²) in [6.45, 7) is 0.557. The van der Waals surface area contributed by atoms with Crippen molar-refractivity contribution >= 4 is 21.2 Å². The molecule has 2 aromatic rings. The topological polar surface area (TPSA) is 111 Å². The van der Waals surface area contributed by atoms with Gasteiger partial charge in [0, 0.05) is 11.5 Å². The van der Waals surface area contributed by atoms with Gasteiger partial charge in [-0.1, -0.05) is 0 Å². The number of benzene rings is 1. The largest absolute Gasteiger partial charge is 0.492 e. The molecular weight excluding hydrogens is 284 g/mol. The van der Waals surface area contributed by atoms with E-state index >= 15 is 0 Å². The van der Waals surface area contributed by atoms with E-state index in [4.69, 9.17) is 9.88 Å². The molecule has 0 fully saturated rings. The summed E-state index contributed by atoms with van der Waals surface area (Å²) < 4.78 is 31.9. The quantitative estimate of drug-likeness (QED) is 0.835. The normalized spacial score (nSPS) is 14.7. The fraction of sp³-hybridized carbons (Fsp3) is 0.250. The Balaban J connectivity index is 2.19. The maximum absolute atomic E-state index is 12.0. The number of aromatic nitrogens is 1. The molecule has 1 aromatic carbocycles. The molecule has 7 nitrogen and oxygen atoms in total. The van der Waals surface area contributed by atoms with Crippen LogP contribution in [0.5, 0.6) is 11.5 Å². The minimum Gasteiger partial charge on any atom is -0.492 e. The number of nitrogens with one attached hydrogen (secondary N) is 1. The highest BCUT2D eigenvalue weighted by molar-refractivity contribution is 7.84. The van der Waals surface area contributed by atoms with Crippen LogP contribution in [0, 0.1) is 0 Å². The predicted molar refractivity (Wildman–Crippen MR) is 72.1 cm³/mol. The van der Waals surface area contributed by atoms with Gasteiger partial charge in [-0.2, -0.15) is 13.6 Å². The van der Waals surface area contributed by atoms with Gasteiger partial charge in [-0.25, -0.2) is 0 Å². The Bertz CT molecular complexity index is 841. The molecule has 0 bridgehead atoms. The van der Waals surface area contributed by atoms with E-state index in [9.17, 15) is 13.2 Å². The zero-order chi connectivity index (χ0) is 14.3. The van der Waals surface area contributed by atoms with Gasteiger partial charge in [0.2, 0.25) is 0 Å². The van der Waals surface area contributed by atoms with Crippen LogP contribution in [0.4, 0.5) is 0 Å². The van der Waals surface area contributed by atoms with Crippen molar-refractivity contribution in [3.63, 3.8) is 0 Å². The van der Waals surface area contributed by atoms with Crippen LogP contribution in [0.1, 0.15) is 12.0 Å². The number of nitrogens with two attached hydrogens (primary N) is 1. The van der Waals surface area contributed by atoms with E-state index in [0.29, 0.717) is 35.2 Å². The number of fused-ring (bicyclic) bond motifs is 3. The molecule has 0 aliphatic carbocycles. The standard InChI is InChI=1S/C12H12N2O5S/c13-20(16,17)19-7-3-4-8-10(6-7)14-12(15)9-2-1-5-18-11(8)9/h3-4,6H,1-2,5H2,(H,14,15)(H2,13,16,17). The number of ether oxygens (including phenoxy) is 1. The number of pyridine rings is 1. The average Bonchev–Trinajstić information content (AvgIpc) is 2.37. The minimum absolute atomic E-state index is 0.0337. The van der Waals surface area contributed by atoms with E-state index in [1.165, 1.54) is 12.1 Å².